The van der Waals surface area contributed by atoms with Crippen molar-refractivity contribution in [3.8, 4) is 0 Å². The molecule has 0 spiro atoms. The number of amidine groups is 1. The average Bonchev–Trinajstić information content (AvgIpc) is 2.33. The lowest BCUT2D eigenvalue weighted by atomic mass is 10.0. The van der Waals surface area contributed by atoms with Crippen molar-refractivity contribution in [1.82, 2.24) is 5.43 Å². The van der Waals surface area contributed by atoms with Crippen molar-refractivity contribution >= 4 is 17.6 Å². The Kier molecular flexibility index (Phi) is 3.00. The minimum absolute atomic E-state index is 0.688. The Morgan fingerprint density at radius 2 is 2.12 bits per heavy atom. The molecule has 4 heteroatoms. The van der Waals surface area contributed by atoms with Crippen molar-refractivity contribution in [2.45, 2.75) is 13.3 Å². The van der Waals surface area contributed by atoms with Gasteiger partial charge in [-0.3, -0.25) is 5.43 Å². The Labute approximate surface area is 94.5 Å². The third-order valence-corrected chi connectivity index (χ3v) is 2.47. The molecule has 0 aliphatic carbocycles. The minimum Gasteiger partial charge on any atom is -0.322 e. The fourth-order valence-electron chi connectivity index (χ4n) is 1.55. The number of hydrazone groups is 2. The van der Waals surface area contributed by atoms with Crippen LogP contribution in [-0.2, 0) is 0 Å². The van der Waals surface area contributed by atoms with Gasteiger partial charge in [0, 0.05) is 6.42 Å². The monoisotopic (exact) mass is 214 g/mol. The molecule has 1 heterocycles. The molecule has 0 aromatic heterocycles. The Morgan fingerprint density at radius 1 is 1.38 bits per heavy atom. The Bertz CT molecular complexity index is 457. The van der Waals surface area contributed by atoms with Crippen molar-refractivity contribution in [1.29, 1.82) is 0 Å². The van der Waals surface area contributed by atoms with Gasteiger partial charge in [-0.25, -0.2) is 0 Å². The number of hydrogen-bond acceptors (Lipinski definition) is 3. The van der Waals surface area contributed by atoms with Crippen LogP contribution in [0.1, 0.15) is 18.9 Å². The zero-order valence-electron chi connectivity index (χ0n) is 9.14. The highest BCUT2D eigenvalue weighted by molar-refractivity contribution is 6.09. The van der Waals surface area contributed by atoms with Gasteiger partial charge in [0.1, 0.15) is 5.84 Å². The normalized spacial score (nSPS) is 20.7. The quantitative estimate of drug-likeness (QED) is 0.552. The summed E-state index contributed by atoms with van der Waals surface area (Å²) in [7, 11) is 0. The molecular weight excluding hydrogens is 200 g/mol. The van der Waals surface area contributed by atoms with Gasteiger partial charge in [0.05, 0.1) is 5.71 Å². The summed E-state index contributed by atoms with van der Waals surface area (Å²) in [6.45, 7) is 1.97. The van der Waals surface area contributed by atoms with Crippen molar-refractivity contribution in [3.05, 3.63) is 41.5 Å². The highest BCUT2D eigenvalue weighted by Gasteiger charge is 2.12. The Morgan fingerprint density at radius 3 is 2.81 bits per heavy atom. The first-order valence-electron chi connectivity index (χ1n) is 5.12. The predicted molar refractivity (Wildman–Crippen MR) is 66.9 cm³/mol. The van der Waals surface area contributed by atoms with Gasteiger partial charge in [0.25, 0.3) is 0 Å². The van der Waals surface area contributed by atoms with Gasteiger partial charge >= 0.3 is 0 Å². The number of nitrogens with two attached hydrogens (primary N) is 1. The summed E-state index contributed by atoms with van der Waals surface area (Å²) < 4.78 is 0. The molecule has 0 fully saturated rings. The van der Waals surface area contributed by atoms with Crippen molar-refractivity contribution in [3.63, 3.8) is 0 Å². The minimum atomic E-state index is 0.688. The zero-order chi connectivity index (χ0) is 11.4. The number of hydrogen-bond donors (Lipinski definition) is 2. The molecule has 1 aliphatic rings. The molecule has 1 aromatic carbocycles. The number of benzene rings is 1. The second kappa shape index (κ2) is 4.61. The second-order valence-corrected chi connectivity index (χ2v) is 3.64. The highest BCUT2D eigenvalue weighted by Crippen LogP contribution is 2.14. The van der Waals surface area contributed by atoms with Crippen LogP contribution < -0.4 is 11.3 Å². The fraction of sp³-hybridized carbons (Fsp3) is 0.167. The van der Waals surface area contributed by atoms with Crippen LogP contribution in [0.5, 0.6) is 0 Å². The number of rotatable bonds is 1. The molecule has 82 valence electrons. The van der Waals surface area contributed by atoms with E-state index in [1.807, 2.05) is 25.1 Å². The van der Waals surface area contributed by atoms with Gasteiger partial charge < -0.3 is 5.84 Å². The van der Waals surface area contributed by atoms with E-state index in [0.717, 1.165) is 16.8 Å². The van der Waals surface area contributed by atoms with Crippen LogP contribution in [0, 0.1) is 0 Å². The van der Waals surface area contributed by atoms with Gasteiger partial charge in [-0.2, -0.15) is 10.2 Å². The first-order valence-corrected chi connectivity index (χ1v) is 5.12. The SMILES string of the molecule is CC1=NN/C(=N\N)C/C1=C\c1ccccc1. The van der Waals surface area contributed by atoms with Crippen LogP contribution in [0.15, 0.2) is 46.1 Å². The van der Waals surface area contributed by atoms with Crippen LogP contribution in [0.4, 0.5) is 0 Å². The van der Waals surface area contributed by atoms with Crippen molar-refractivity contribution in [2.24, 2.45) is 16.0 Å². The van der Waals surface area contributed by atoms with E-state index in [2.05, 4.69) is 33.8 Å². The molecule has 2 rings (SSSR count). The van der Waals surface area contributed by atoms with Crippen molar-refractivity contribution in [2.75, 3.05) is 0 Å². The molecule has 4 nitrogen and oxygen atoms in total. The molecule has 3 N–H and O–H groups in total. The second-order valence-electron chi connectivity index (χ2n) is 3.64. The smallest absolute Gasteiger partial charge is 0.146 e. The average molecular weight is 214 g/mol. The van der Waals surface area contributed by atoms with Crippen LogP contribution >= 0.6 is 0 Å². The molecule has 0 amide bonds. The van der Waals surface area contributed by atoms with E-state index in [0.29, 0.717) is 12.3 Å². The summed E-state index contributed by atoms with van der Waals surface area (Å²) in [6, 6.07) is 10.1. The third-order valence-electron chi connectivity index (χ3n) is 2.47. The highest BCUT2D eigenvalue weighted by atomic mass is 15.4. The van der Waals surface area contributed by atoms with Gasteiger partial charge in [0.2, 0.25) is 0 Å². The molecule has 1 aliphatic heterocycles. The molecule has 0 radical (unpaired) electrons. The van der Waals surface area contributed by atoms with E-state index in [1.165, 1.54) is 0 Å². The third kappa shape index (κ3) is 2.28. The first-order chi connectivity index (χ1) is 7.79. The number of nitrogens with one attached hydrogen (secondary N) is 1. The van der Waals surface area contributed by atoms with Gasteiger partial charge in [-0.05, 0) is 24.1 Å². The van der Waals surface area contributed by atoms with E-state index in [4.69, 9.17) is 5.84 Å². The summed E-state index contributed by atoms with van der Waals surface area (Å²) in [5.74, 6) is 5.92. The van der Waals surface area contributed by atoms with Gasteiger partial charge in [-0.15, -0.1) is 0 Å². The maximum atomic E-state index is 5.23. The van der Waals surface area contributed by atoms with E-state index < -0.39 is 0 Å². The summed E-state index contributed by atoms with van der Waals surface area (Å²) in [5.41, 5.74) is 6.07. The molecule has 0 unspecified atom stereocenters. The lowest BCUT2D eigenvalue weighted by Gasteiger charge is -2.15. The maximum Gasteiger partial charge on any atom is 0.146 e. The standard InChI is InChI=1S/C12H14N4/c1-9-11(8-12(14-13)16-15-9)7-10-5-3-2-4-6-10/h2-7H,8,13H2,1H3,(H,14,16)/b11-7+. The maximum absolute atomic E-state index is 5.23. The Balaban J connectivity index is 2.30. The van der Waals surface area contributed by atoms with E-state index in [-0.39, 0.29) is 0 Å². The summed E-state index contributed by atoms with van der Waals surface area (Å²) in [4.78, 5) is 0. The zero-order valence-corrected chi connectivity index (χ0v) is 9.14. The Hall–Kier alpha value is -2.10. The van der Waals surface area contributed by atoms with Gasteiger partial charge in [0.15, 0.2) is 0 Å². The molecule has 0 bridgehead atoms. The molecule has 0 saturated carbocycles. The fourth-order valence-corrected chi connectivity index (χ4v) is 1.55. The number of nitrogens with zero attached hydrogens (tertiary/aromatic N) is 2. The summed E-state index contributed by atoms with van der Waals surface area (Å²) >= 11 is 0. The first kappa shape index (κ1) is 10.4. The lowest BCUT2D eigenvalue weighted by Crippen LogP contribution is -2.27. The lowest BCUT2D eigenvalue weighted by molar-refractivity contribution is 0.944. The summed E-state index contributed by atoms with van der Waals surface area (Å²) in [6.07, 6.45) is 2.80. The van der Waals surface area contributed by atoms with Crippen LogP contribution in [0.25, 0.3) is 6.08 Å². The van der Waals surface area contributed by atoms with E-state index in [9.17, 15) is 0 Å². The molecular formula is C12H14N4. The molecule has 0 saturated heterocycles. The topological polar surface area (TPSA) is 62.8 Å². The summed E-state index contributed by atoms with van der Waals surface area (Å²) in [5, 5.41) is 7.78. The van der Waals surface area contributed by atoms with Crippen LogP contribution in [0.2, 0.25) is 0 Å². The molecule has 1 aromatic rings. The van der Waals surface area contributed by atoms with Crippen LogP contribution in [-0.4, -0.2) is 11.5 Å². The molecule has 0 atom stereocenters. The molecule has 16 heavy (non-hydrogen) atoms. The van der Waals surface area contributed by atoms with Gasteiger partial charge in [-0.1, -0.05) is 30.3 Å². The largest absolute Gasteiger partial charge is 0.322 e. The van der Waals surface area contributed by atoms with E-state index >= 15 is 0 Å². The van der Waals surface area contributed by atoms with Crippen molar-refractivity contribution < 1.29 is 0 Å². The van der Waals surface area contributed by atoms with E-state index in [1.54, 1.807) is 0 Å². The predicted octanol–water partition coefficient (Wildman–Crippen LogP) is 1.71. The van der Waals surface area contributed by atoms with Crippen LogP contribution in [0.3, 0.4) is 0 Å².